The Morgan fingerprint density at radius 3 is 2.38 bits per heavy atom. The summed E-state index contributed by atoms with van der Waals surface area (Å²) >= 11 is 0. The van der Waals surface area contributed by atoms with Crippen LogP contribution in [0.3, 0.4) is 0 Å². The lowest BCUT2D eigenvalue weighted by Gasteiger charge is -2.36. The molecule has 32 heavy (non-hydrogen) atoms. The molecule has 2 heterocycles. The number of pyridine rings is 1. The molecule has 1 N–H and O–H groups in total. The molecule has 0 aliphatic carbocycles. The molecular formula is C22H30FN3O5Si. The number of hydrogen-bond acceptors (Lipinski definition) is 5. The van der Waals surface area contributed by atoms with E-state index in [1.54, 1.807) is 15.5 Å². The van der Waals surface area contributed by atoms with Gasteiger partial charge in [-0.25, -0.2) is 14.0 Å². The van der Waals surface area contributed by atoms with E-state index in [2.05, 4.69) is 19.6 Å². The number of rotatable bonds is 6. The molecule has 1 aromatic heterocycles. The summed E-state index contributed by atoms with van der Waals surface area (Å²) in [6.07, 6.45) is 0.950. The molecule has 1 aliphatic rings. The number of halogens is 1. The zero-order chi connectivity index (χ0) is 23.6. The number of ether oxygens (including phenoxy) is 1. The van der Waals surface area contributed by atoms with Gasteiger partial charge < -0.3 is 24.2 Å². The summed E-state index contributed by atoms with van der Waals surface area (Å²) in [5.74, 6) is -1.93. The molecule has 8 nitrogen and oxygen atoms in total. The van der Waals surface area contributed by atoms with Gasteiger partial charge in [-0.05, 0) is 25.1 Å². The largest absolute Gasteiger partial charge is 0.477 e. The van der Waals surface area contributed by atoms with Gasteiger partial charge in [0.1, 0.15) is 11.4 Å². The van der Waals surface area contributed by atoms with Crippen molar-refractivity contribution in [1.29, 1.82) is 0 Å². The number of benzene rings is 1. The third-order valence-corrected chi connectivity index (χ3v) is 7.38. The SMILES string of the molecule is CCn1cc(C(=O)O)c(=O)c2cc(F)c(N3CCN(C(=O)OCC[Si](C)(C)C)CC3)cc21. The highest BCUT2D eigenvalue weighted by Gasteiger charge is 2.25. The molecule has 0 bridgehead atoms. The van der Waals surface area contributed by atoms with Crippen LogP contribution in [0.5, 0.6) is 0 Å². The zero-order valence-corrected chi connectivity index (χ0v) is 20.0. The number of fused-ring (bicyclic) bond motifs is 1. The molecule has 1 aromatic carbocycles. The molecule has 3 rings (SSSR count). The highest BCUT2D eigenvalue weighted by atomic mass is 28.3. The first-order valence-corrected chi connectivity index (χ1v) is 14.5. The Kier molecular flexibility index (Phi) is 6.92. The minimum absolute atomic E-state index is 0.0395. The second-order valence-electron chi connectivity index (χ2n) is 9.18. The smallest absolute Gasteiger partial charge is 0.409 e. The van der Waals surface area contributed by atoms with E-state index in [9.17, 15) is 23.9 Å². The molecule has 1 aliphatic heterocycles. The van der Waals surface area contributed by atoms with Crippen molar-refractivity contribution in [2.45, 2.75) is 39.2 Å². The van der Waals surface area contributed by atoms with Gasteiger partial charge in [0, 0.05) is 52.4 Å². The Labute approximate surface area is 187 Å². The van der Waals surface area contributed by atoms with E-state index >= 15 is 0 Å². The lowest BCUT2D eigenvalue weighted by molar-refractivity contribution is 0.0694. The number of aromatic nitrogens is 1. The third-order valence-electron chi connectivity index (χ3n) is 5.68. The van der Waals surface area contributed by atoms with Crippen LogP contribution < -0.4 is 10.3 Å². The summed E-state index contributed by atoms with van der Waals surface area (Å²) < 4.78 is 22.0. The minimum Gasteiger partial charge on any atom is -0.477 e. The van der Waals surface area contributed by atoms with Crippen molar-refractivity contribution in [3.63, 3.8) is 0 Å². The van der Waals surface area contributed by atoms with E-state index in [0.29, 0.717) is 50.5 Å². The number of piperazine rings is 1. The molecular weight excluding hydrogens is 433 g/mol. The Hall–Kier alpha value is -2.88. The Balaban J connectivity index is 1.77. The number of carboxylic acid groups (broad SMARTS) is 1. The van der Waals surface area contributed by atoms with Crippen LogP contribution in [0.4, 0.5) is 14.9 Å². The molecule has 0 radical (unpaired) electrons. The number of aryl methyl sites for hydroxylation is 1. The maximum Gasteiger partial charge on any atom is 0.409 e. The predicted octanol–water partition coefficient (Wildman–Crippen LogP) is 3.46. The summed E-state index contributed by atoms with van der Waals surface area (Å²) in [5.41, 5.74) is -0.276. The fourth-order valence-corrected chi connectivity index (χ4v) is 4.44. The highest BCUT2D eigenvalue weighted by molar-refractivity contribution is 6.76. The molecule has 0 spiro atoms. The van der Waals surface area contributed by atoms with Gasteiger partial charge in [-0.3, -0.25) is 4.79 Å². The fraction of sp³-hybridized carbons (Fsp3) is 0.500. The molecule has 0 saturated carbocycles. The quantitative estimate of drug-likeness (QED) is 0.660. The van der Waals surface area contributed by atoms with Gasteiger partial charge in [0.15, 0.2) is 0 Å². The number of hydrogen-bond donors (Lipinski definition) is 1. The summed E-state index contributed by atoms with van der Waals surface area (Å²) in [7, 11) is -1.28. The predicted molar refractivity (Wildman–Crippen MR) is 124 cm³/mol. The molecule has 0 unspecified atom stereocenters. The van der Waals surface area contributed by atoms with Gasteiger partial charge in [-0.1, -0.05) is 19.6 Å². The van der Waals surface area contributed by atoms with Crippen molar-refractivity contribution < 1.29 is 23.8 Å². The van der Waals surface area contributed by atoms with Crippen LogP contribution in [0, 0.1) is 5.82 Å². The number of carbonyl (C=O) groups excluding carboxylic acids is 1. The highest BCUT2D eigenvalue weighted by Crippen LogP contribution is 2.26. The number of anilines is 1. The van der Waals surface area contributed by atoms with Crippen LogP contribution in [-0.2, 0) is 11.3 Å². The third kappa shape index (κ3) is 5.12. The average Bonchev–Trinajstić information content (AvgIpc) is 2.73. The number of amides is 1. The monoisotopic (exact) mass is 463 g/mol. The van der Waals surface area contributed by atoms with Crippen molar-refractivity contribution in [1.82, 2.24) is 9.47 Å². The molecule has 0 atom stereocenters. The normalized spacial score (nSPS) is 14.7. The topological polar surface area (TPSA) is 92.1 Å². The number of aromatic carboxylic acids is 1. The van der Waals surface area contributed by atoms with E-state index in [1.807, 2.05) is 11.8 Å². The Morgan fingerprint density at radius 1 is 1.16 bits per heavy atom. The first-order valence-electron chi connectivity index (χ1n) is 10.8. The Bertz CT molecular complexity index is 1090. The summed E-state index contributed by atoms with van der Waals surface area (Å²) in [6, 6.07) is 3.61. The number of carbonyl (C=O) groups is 2. The first-order chi connectivity index (χ1) is 15.0. The second-order valence-corrected chi connectivity index (χ2v) is 14.8. The van der Waals surface area contributed by atoms with E-state index in [-0.39, 0.29) is 17.0 Å². The van der Waals surface area contributed by atoms with Gasteiger partial charge in [-0.15, -0.1) is 0 Å². The van der Waals surface area contributed by atoms with Gasteiger partial charge >= 0.3 is 12.1 Å². The van der Waals surface area contributed by atoms with E-state index in [1.165, 1.54) is 6.20 Å². The molecule has 1 fully saturated rings. The van der Waals surface area contributed by atoms with Gasteiger partial charge in [0.2, 0.25) is 5.43 Å². The van der Waals surface area contributed by atoms with Crippen molar-refractivity contribution >= 4 is 36.7 Å². The van der Waals surface area contributed by atoms with E-state index in [4.69, 9.17) is 4.74 Å². The van der Waals surface area contributed by atoms with Gasteiger partial charge in [0.25, 0.3) is 0 Å². The molecule has 1 saturated heterocycles. The maximum absolute atomic E-state index is 14.9. The van der Waals surface area contributed by atoms with E-state index in [0.717, 1.165) is 12.1 Å². The number of carboxylic acids is 1. The van der Waals surface area contributed by atoms with Crippen LogP contribution in [0.2, 0.25) is 25.7 Å². The van der Waals surface area contributed by atoms with Crippen molar-refractivity contribution in [2.24, 2.45) is 0 Å². The van der Waals surface area contributed by atoms with Crippen LogP contribution in [0.25, 0.3) is 10.9 Å². The van der Waals surface area contributed by atoms with Crippen molar-refractivity contribution in [2.75, 3.05) is 37.7 Å². The molecule has 2 aromatic rings. The fourth-order valence-electron chi connectivity index (χ4n) is 3.72. The summed E-state index contributed by atoms with van der Waals surface area (Å²) in [5, 5.41) is 9.32. The molecule has 1 amide bonds. The van der Waals surface area contributed by atoms with Crippen LogP contribution in [0.15, 0.2) is 23.1 Å². The summed E-state index contributed by atoms with van der Waals surface area (Å²) in [6.45, 7) is 11.0. The van der Waals surface area contributed by atoms with Crippen molar-refractivity contribution in [3.05, 3.63) is 39.9 Å². The lowest BCUT2D eigenvalue weighted by Crippen LogP contribution is -2.49. The maximum atomic E-state index is 14.9. The van der Waals surface area contributed by atoms with Gasteiger partial charge in [0.05, 0.1) is 17.8 Å². The standard InChI is InChI=1S/C22H30FN3O5Si/c1-5-24-14-16(21(28)29)20(27)15-12-17(23)19(13-18(15)24)25-6-8-26(9-7-25)22(30)31-10-11-32(2,3)4/h12-14H,5-11H2,1-4H3,(H,28,29). The molecule has 174 valence electrons. The first kappa shape index (κ1) is 23.8. The minimum atomic E-state index is -1.34. The summed E-state index contributed by atoms with van der Waals surface area (Å²) in [4.78, 5) is 39.7. The van der Waals surface area contributed by atoms with E-state index < -0.39 is 25.3 Å². The van der Waals surface area contributed by atoms with Crippen LogP contribution in [0.1, 0.15) is 17.3 Å². The number of nitrogens with zero attached hydrogens (tertiary/aromatic N) is 3. The Morgan fingerprint density at radius 2 is 1.81 bits per heavy atom. The van der Waals surface area contributed by atoms with Crippen molar-refractivity contribution in [3.8, 4) is 0 Å². The van der Waals surface area contributed by atoms with Crippen LogP contribution in [-0.4, -0.2) is 67.5 Å². The average molecular weight is 464 g/mol. The second kappa shape index (κ2) is 9.31. The van der Waals surface area contributed by atoms with Gasteiger partial charge in [-0.2, -0.15) is 0 Å². The van der Waals surface area contributed by atoms with Crippen LogP contribution >= 0.6 is 0 Å². The lowest BCUT2D eigenvalue weighted by atomic mass is 10.1. The zero-order valence-electron chi connectivity index (χ0n) is 19.0. The molecule has 10 heteroatoms.